The van der Waals surface area contributed by atoms with Crippen molar-refractivity contribution in [2.24, 2.45) is 0 Å². The first-order valence-electron chi connectivity index (χ1n) is 12.2. The molecular weight excluding hydrogens is 444 g/mol. The van der Waals surface area contributed by atoms with Crippen molar-refractivity contribution in [1.82, 2.24) is 10.2 Å². The summed E-state index contributed by atoms with van der Waals surface area (Å²) >= 11 is 6.64. The standard InChI is InChI=1S/C29H35ClN2O2/c1-3-33-28-18-25(17-27(30)29(28)34-21-24-11-9-22(2)10-12-24)19-31-26-13-15-32(16-14-26)20-23-7-5-4-6-8-23/h4-12,17-18,26,31H,3,13-16,19-21H2,1-2H3. The fourth-order valence-corrected chi connectivity index (χ4v) is 4.65. The smallest absolute Gasteiger partial charge is 0.180 e. The van der Waals surface area contributed by atoms with E-state index in [-0.39, 0.29) is 0 Å². The second kappa shape index (κ2) is 12.3. The second-order valence-corrected chi connectivity index (χ2v) is 9.44. The van der Waals surface area contributed by atoms with E-state index in [1.807, 2.05) is 13.0 Å². The first-order chi connectivity index (χ1) is 16.6. The van der Waals surface area contributed by atoms with E-state index in [9.17, 15) is 0 Å². The third-order valence-electron chi connectivity index (χ3n) is 6.30. The maximum atomic E-state index is 6.64. The topological polar surface area (TPSA) is 33.7 Å². The zero-order valence-electron chi connectivity index (χ0n) is 20.2. The van der Waals surface area contributed by atoms with Crippen LogP contribution in [-0.2, 0) is 19.7 Å². The molecule has 1 fully saturated rings. The van der Waals surface area contributed by atoms with Crippen LogP contribution in [0.5, 0.6) is 11.5 Å². The van der Waals surface area contributed by atoms with Crippen LogP contribution in [0.3, 0.4) is 0 Å². The van der Waals surface area contributed by atoms with Gasteiger partial charge >= 0.3 is 0 Å². The fraction of sp³-hybridized carbons (Fsp3) is 0.379. The summed E-state index contributed by atoms with van der Waals surface area (Å²) in [4.78, 5) is 2.54. The highest BCUT2D eigenvalue weighted by Crippen LogP contribution is 2.37. The molecular formula is C29H35ClN2O2. The third-order valence-corrected chi connectivity index (χ3v) is 6.59. The molecule has 4 rings (SSSR count). The number of piperidine rings is 1. The van der Waals surface area contributed by atoms with Crippen molar-refractivity contribution >= 4 is 11.6 Å². The predicted octanol–water partition coefficient (Wildman–Crippen LogP) is 6.38. The van der Waals surface area contributed by atoms with Crippen molar-refractivity contribution in [1.29, 1.82) is 0 Å². The highest BCUT2D eigenvalue weighted by Gasteiger charge is 2.19. The molecule has 0 aromatic heterocycles. The second-order valence-electron chi connectivity index (χ2n) is 9.03. The summed E-state index contributed by atoms with van der Waals surface area (Å²) in [5, 5.41) is 4.31. The normalized spacial score (nSPS) is 14.8. The molecule has 3 aromatic carbocycles. The molecule has 1 heterocycles. The molecule has 1 aliphatic heterocycles. The molecule has 0 unspecified atom stereocenters. The quantitative estimate of drug-likeness (QED) is 0.366. The van der Waals surface area contributed by atoms with E-state index in [0.717, 1.165) is 50.1 Å². The van der Waals surface area contributed by atoms with Gasteiger partial charge in [0.15, 0.2) is 11.5 Å². The number of likely N-dealkylation sites (tertiary alicyclic amines) is 1. The average Bonchev–Trinajstić information content (AvgIpc) is 2.85. The predicted molar refractivity (Wildman–Crippen MR) is 140 cm³/mol. The van der Waals surface area contributed by atoms with Crippen molar-refractivity contribution in [3.05, 3.63) is 94.0 Å². The fourth-order valence-electron chi connectivity index (χ4n) is 4.37. The minimum Gasteiger partial charge on any atom is -0.490 e. The van der Waals surface area contributed by atoms with Gasteiger partial charge in [0.05, 0.1) is 11.6 Å². The van der Waals surface area contributed by atoms with Gasteiger partial charge < -0.3 is 14.8 Å². The van der Waals surface area contributed by atoms with E-state index in [1.165, 1.54) is 11.1 Å². The molecule has 0 bridgehead atoms. The molecule has 5 heteroatoms. The van der Waals surface area contributed by atoms with Crippen LogP contribution in [0.2, 0.25) is 5.02 Å². The molecule has 34 heavy (non-hydrogen) atoms. The zero-order valence-corrected chi connectivity index (χ0v) is 21.0. The molecule has 1 aliphatic rings. The number of rotatable bonds is 10. The Morgan fingerprint density at radius 2 is 1.65 bits per heavy atom. The Bertz CT molecular complexity index is 1030. The van der Waals surface area contributed by atoms with Gasteiger partial charge in [-0.1, -0.05) is 71.8 Å². The largest absolute Gasteiger partial charge is 0.490 e. The van der Waals surface area contributed by atoms with Gasteiger partial charge in [0.25, 0.3) is 0 Å². The van der Waals surface area contributed by atoms with Gasteiger partial charge in [-0.05, 0) is 68.6 Å². The summed E-state index contributed by atoms with van der Waals surface area (Å²) in [5.74, 6) is 1.32. The van der Waals surface area contributed by atoms with E-state index in [4.69, 9.17) is 21.1 Å². The van der Waals surface area contributed by atoms with Gasteiger partial charge in [0.1, 0.15) is 6.61 Å². The highest BCUT2D eigenvalue weighted by atomic mass is 35.5. The van der Waals surface area contributed by atoms with Crippen LogP contribution in [-0.4, -0.2) is 30.6 Å². The lowest BCUT2D eigenvalue weighted by Crippen LogP contribution is -2.41. The van der Waals surface area contributed by atoms with Crippen LogP contribution in [0.1, 0.15) is 42.0 Å². The summed E-state index contributed by atoms with van der Waals surface area (Å²) in [6.07, 6.45) is 2.30. The zero-order chi connectivity index (χ0) is 23.8. The molecule has 0 spiro atoms. The Labute approximate surface area is 208 Å². The summed E-state index contributed by atoms with van der Waals surface area (Å²) in [7, 11) is 0. The van der Waals surface area contributed by atoms with E-state index >= 15 is 0 Å². The first kappa shape index (κ1) is 24.6. The summed E-state index contributed by atoms with van der Waals surface area (Å²) in [5.41, 5.74) is 4.84. The van der Waals surface area contributed by atoms with E-state index < -0.39 is 0 Å². The van der Waals surface area contributed by atoms with Crippen LogP contribution in [0, 0.1) is 6.92 Å². The molecule has 4 nitrogen and oxygen atoms in total. The summed E-state index contributed by atoms with van der Waals surface area (Å²) in [6.45, 7) is 9.10. The summed E-state index contributed by atoms with van der Waals surface area (Å²) in [6, 6.07) is 23.6. The van der Waals surface area contributed by atoms with Crippen molar-refractivity contribution in [3.8, 4) is 11.5 Å². The minimum atomic E-state index is 0.458. The van der Waals surface area contributed by atoms with Gasteiger partial charge in [-0.3, -0.25) is 4.90 Å². The molecule has 1 N–H and O–H groups in total. The molecule has 180 valence electrons. The molecule has 3 aromatic rings. The molecule has 0 atom stereocenters. The van der Waals surface area contributed by atoms with E-state index in [0.29, 0.717) is 35.8 Å². The van der Waals surface area contributed by atoms with Crippen LogP contribution in [0.25, 0.3) is 0 Å². The van der Waals surface area contributed by atoms with Crippen LogP contribution < -0.4 is 14.8 Å². The van der Waals surface area contributed by atoms with Gasteiger partial charge in [0, 0.05) is 19.1 Å². The SMILES string of the molecule is CCOc1cc(CNC2CCN(Cc3ccccc3)CC2)cc(Cl)c1OCc1ccc(C)cc1. The third kappa shape index (κ3) is 6.99. The van der Waals surface area contributed by atoms with Crippen molar-refractivity contribution in [2.45, 2.75) is 52.4 Å². The number of aryl methyl sites for hydroxylation is 1. The Kier molecular flexibility index (Phi) is 8.86. The van der Waals surface area contributed by atoms with Crippen molar-refractivity contribution in [3.63, 3.8) is 0 Å². The Morgan fingerprint density at radius 1 is 0.912 bits per heavy atom. The van der Waals surface area contributed by atoms with Gasteiger partial charge in [-0.15, -0.1) is 0 Å². The lowest BCUT2D eigenvalue weighted by Gasteiger charge is -2.32. The van der Waals surface area contributed by atoms with E-state index in [2.05, 4.69) is 77.8 Å². The number of nitrogens with one attached hydrogen (secondary N) is 1. The maximum absolute atomic E-state index is 6.64. The lowest BCUT2D eigenvalue weighted by atomic mass is 10.0. The first-order valence-corrected chi connectivity index (χ1v) is 12.6. The van der Waals surface area contributed by atoms with Crippen LogP contribution >= 0.6 is 11.6 Å². The lowest BCUT2D eigenvalue weighted by molar-refractivity contribution is 0.190. The Balaban J connectivity index is 1.31. The van der Waals surface area contributed by atoms with Gasteiger partial charge in [0.2, 0.25) is 0 Å². The number of ether oxygens (including phenoxy) is 2. The molecule has 0 saturated carbocycles. The maximum Gasteiger partial charge on any atom is 0.180 e. The summed E-state index contributed by atoms with van der Waals surface area (Å²) < 4.78 is 12.0. The number of benzene rings is 3. The Hall–Kier alpha value is -2.53. The monoisotopic (exact) mass is 478 g/mol. The van der Waals surface area contributed by atoms with Gasteiger partial charge in [-0.25, -0.2) is 0 Å². The molecule has 0 radical (unpaired) electrons. The highest BCUT2D eigenvalue weighted by molar-refractivity contribution is 6.32. The van der Waals surface area contributed by atoms with Crippen molar-refractivity contribution in [2.75, 3.05) is 19.7 Å². The minimum absolute atomic E-state index is 0.458. The number of hydrogen-bond donors (Lipinski definition) is 1. The number of halogens is 1. The average molecular weight is 479 g/mol. The van der Waals surface area contributed by atoms with Gasteiger partial charge in [-0.2, -0.15) is 0 Å². The number of hydrogen-bond acceptors (Lipinski definition) is 4. The van der Waals surface area contributed by atoms with Crippen LogP contribution in [0.4, 0.5) is 0 Å². The number of nitrogens with zero attached hydrogens (tertiary/aromatic N) is 1. The van der Waals surface area contributed by atoms with Crippen molar-refractivity contribution < 1.29 is 9.47 Å². The molecule has 0 amide bonds. The molecule has 1 saturated heterocycles. The van der Waals surface area contributed by atoms with E-state index in [1.54, 1.807) is 0 Å². The van der Waals surface area contributed by atoms with Crippen LogP contribution in [0.15, 0.2) is 66.7 Å². The molecule has 0 aliphatic carbocycles. The Morgan fingerprint density at radius 3 is 2.35 bits per heavy atom.